The summed E-state index contributed by atoms with van der Waals surface area (Å²) in [6.07, 6.45) is 8.95. The maximum Gasteiger partial charge on any atom is 0.121 e. The van der Waals surface area contributed by atoms with Crippen LogP contribution in [0.15, 0.2) is 23.3 Å². The highest BCUT2D eigenvalue weighted by molar-refractivity contribution is 5.52. The first-order chi connectivity index (χ1) is 6.25. The molecule has 1 rings (SSSR count). The molecule has 0 aromatic rings. The number of allylic oxidation sites excluding steroid dienone is 3. The average molecular weight is 179 g/mol. The molecule has 0 aliphatic heterocycles. The SMILES string of the molecule is CC1=C(C(N)CC=O)CCCC=C1. The predicted octanol–water partition coefficient (Wildman–Crippen LogP) is 1.96. The van der Waals surface area contributed by atoms with Gasteiger partial charge in [0.25, 0.3) is 0 Å². The third kappa shape index (κ3) is 2.81. The van der Waals surface area contributed by atoms with Crippen LogP contribution in [0.2, 0.25) is 0 Å². The van der Waals surface area contributed by atoms with Crippen LogP contribution in [-0.4, -0.2) is 12.3 Å². The molecular formula is C11H17NO. The van der Waals surface area contributed by atoms with E-state index in [1.165, 1.54) is 11.1 Å². The average Bonchev–Trinajstić information content (AvgIpc) is 2.30. The number of nitrogens with two attached hydrogens (primary N) is 1. The molecule has 0 aromatic carbocycles. The van der Waals surface area contributed by atoms with Crippen molar-refractivity contribution in [2.45, 2.75) is 38.6 Å². The summed E-state index contributed by atoms with van der Waals surface area (Å²) in [6, 6.07) is -0.0692. The van der Waals surface area contributed by atoms with Gasteiger partial charge in [0, 0.05) is 12.5 Å². The third-order valence-corrected chi connectivity index (χ3v) is 2.49. The van der Waals surface area contributed by atoms with E-state index in [-0.39, 0.29) is 6.04 Å². The van der Waals surface area contributed by atoms with Crippen LogP contribution in [0.3, 0.4) is 0 Å². The molecular weight excluding hydrogens is 162 g/mol. The fourth-order valence-electron chi connectivity index (χ4n) is 1.70. The van der Waals surface area contributed by atoms with Gasteiger partial charge in [0.05, 0.1) is 0 Å². The molecule has 0 saturated heterocycles. The van der Waals surface area contributed by atoms with E-state index < -0.39 is 0 Å². The number of hydrogen-bond acceptors (Lipinski definition) is 2. The smallest absolute Gasteiger partial charge is 0.121 e. The van der Waals surface area contributed by atoms with Gasteiger partial charge in [-0.15, -0.1) is 0 Å². The third-order valence-electron chi connectivity index (χ3n) is 2.49. The van der Waals surface area contributed by atoms with Gasteiger partial charge in [-0.3, -0.25) is 0 Å². The highest BCUT2D eigenvalue weighted by atomic mass is 16.1. The minimum absolute atomic E-state index is 0.0692. The molecule has 1 unspecified atom stereocenters. The van der Waals surface area contributed by atoms with Crippen molar-refractivity contribution in [3.63, 3.8) is 0 Å². The minimum atomic E-state index is -0.0692. The molecule has 1 aliphatic carbocycles. The van der Waals surface area contributed by atoms with Gasteiger partial charge in [0.15, 0.2) is 0 Å². The van der Waals surface area contributed by atoms with Crippen LogP contribution in [0.5, 0.6) is 0 Å². The van der Waals surface area contributed by atoms with Crippen LogP contribution in [0.25, 0.3) is 0 Å². The van der Waals surface area contributed by atoms with Gasteiger partial charge in [0.2, 0.25) is 0 Å². The Labute approximate surface area is 79.5 Å². The Morgan fingerprint density at radius 3 is 3.15 bits per heavy atom. The Morgan fingerprint density at radius 2 is 2.46 bits per heavy atom. The van der Waals surface area contributed by atoms with Crippen molar-refractivity contribution in [2.75, 3.05) is 0 Å². The second kappa shape index (κ2) is 4.97. The first-order valence-electron chi connectivity index (χ1n) is 4.81. The van der Waals surface area contributed by atoms with Gasteiger partial charge in [-0.05, 0) is 26.2 Å². The lowest BCUT2D eigenvalue weighted by molar-refractivity contribution is -0.108. The quantitative estimate of drug-likeness (QED) is 0.673. The summed E-state index contributed by atoms with van der Waals surface area (Å²) in [7, 11) is 0. The van der Waals surface area contributed by atoms with Gasteiger partial charge < -0.3 is 10.5 Å². The molecule has 2 nitrogen and oxygen atoms in total. The van der Waals surface area contributed by atoms with Crippen molar-refractivity contribution in [1.82, 2.24) is 0 Å². The Hall–Kier alpha value is -0.890. The predicted molar refractivity (Wildman–Crippen MR) is 54.3 cm³/mol. The summed E-state index contributed by atoms with van der Waals surface area (Å²) < 4.78 is 0. The van der Waals surface area contributed by atoms with Crippen molar-refractivity contribution < 1.29 is 4.79 Å². The maximum absolute atomic E-state index is 10.3. The highest BCUT2D eigenvalue weighted by Crippen LogP contribution is 2.21. The lowest BCUT2D eigenvalue weighted by Crippen LogP contribution is -2.23. The normalized spacial score (nSPS) is 19.8. The molecule has 0 spiro atoms. The molecule has 1 aliphatic rings. The molecule has 0 fully saturated rings. The zero-order chi connectivity index (χ0) is 9.68. The highest BCUT2D eigenvalue weighted by Gasteiger charge is 2.11. The fourth-order valence-corrected chi connectivity index (χ4v) is 1.70. The molecule has 0 heterocycles. The largest absolute Gasteiger partial charge is 0.324 e. The number of aldehydes is 1. The van der Waals surface area contributed by atoms with Gasteiger partial charge in [-0.25, -0.2) is 0 Å². The molecule has 0 bridgehead atoms. The number of carbonyl (C=O) groups is 1. The molecule has 1 atom stereocenters. The summed E-state index contributed by atoms with van der Waals surface area (Å²) in [5, 5.41) is 0. The molecule has 0 saturated carbocycles. The van der Waals surface area contributed by atoms with E-state index in [1.807, 2.05) is 0 Å². The molecule has 0 aromatic heterocycles. The van der Waals surface area contributed by atoms with E-state index in [4.69, 9.17) is 5.73 Å². The van der Waals surface area contributed by atoms with Crippen molar-refractivity contribution in [3.05, 3.63) is 23.3 Å². The second-order valence-corrected chi connectivity index (χ2v) is 3.51. The van der Waals surface area contributed by atoms with Crippen LogP contribution in [0, 0.1) is 0 Å². The summed E-state index contributed by atoms with van der Waals surface area (Å²) in [5.41, 5.74) is 8.39. The number of carbonyl (C=O) groups excluding carboxylic acids is 1. The van der Waals surface area contributed by atoms with Crippen molar-refractivity contribution in [2.24, 2.45) is 5.73 Å². The molecule has 2 N–H and O–H groups in total. The minimum Gasteiger partial charge on any atom is -0.324 e. The Kier molecular flexibility index (Phi) is 3.90. The zero-order valence-corrected chi connectivity index (χ0v) is 8.12. The topological polar surface area (TPSA) is 43.1 Å². The Balaban J connectivity index is 2.74. The summed E-state index contributed by atoms with van der Waals surface area (Å²) in [6.45, 7) is 2.07. The second-order valence-electron chi connectivity index (χ2n) is 3.51. The van der Waals surface area contributed by atoms with Crippen molar-refractivity contribution in [3.8, 4) is 0 Å². The van der Waals surface area contributed by atoms with Crippen molar-refractivity contribution in [1.29, 1.82) is 0 Å². The molecule has 13 heavy (non-hydrogen) atoms. The maximum atomic E-state index is 10.3. The van der Waals surface area contributed by atoms with Crippen LogP contribution >= 0.6 is 0 Å². The molecule has 72 valence electrons. The van der Waals surface area contributed by atoms with Gasteiger partial charge in [-0.2, -0.15) is 0 Å². The van der Waals surface area contributed by atoms with E-state index in [0.29, 0.717) is 6.42 Å². The monoisotopic (exact) mass is 179 g/mol. The van der Waals surface area contributed by atoms with E-state index in [9.17, 15) is 4.79 Å². The van der Waals surface area contributed by atoms with E-state index >= 15 is 0 Å². The van der Waals surface area contributed by atoms with Crippen LogP contribution in [0.4, 0.5) is 0 Å². The molecule has 0 amide bonds. The fraction of sp³-hybridized carbons (Fsp3) is 0.545. The zero-order valence-electron chi connectivity index (χ0n) is 8.12. The van der Waals surface area contributed by atoms with Crippen molar-refractivity contribution >= 4 is 6.29 Å². The van der Waals surface area contributed by atoms with E-state index in [2.05, 4.69) is 19.1 Å². The van der Waals surface area contributed by atoms with Gasteiger partial charge >= 0.3 is 0 Å². The Bertz CT molecular complexity index is 240. The van der Waals surface area contributed by atoms with E-state index in [0.717, 1.165) is 25.5 Å². The summed E-state index contributed by atoms with van der Waals surface area (Å²) in [5.74, 6) is 0. The lowest BCUT2D eigenvalue weighted by Gasteiger charge is -2.14. The van der Waals surface area contributed by atoms with Crippen LogP contribution in [0.1, 0.15) is 32.6 Å². The summed E-state index contributed by atoms with van der Waals surface area (Å²) in [4.78, 5) is 10.3. The standard InChI is InChI=1S/C11H17NO/c1-9-5-3-2-4-6-10(9)11(12)7-8-13/h3,5,8,11H,2,4,6-7,12H2,1H3. The lowest BCUT2D eigenvalue weighted by atomic mass is 9.96. The number of hydrogen-bond donors (Lipinski definition) is 1. The summed E-state index contributed by atoms with van der Waals surface area (Å²) >= 11 is 0. The Morgan fingerprint density at radius 1 is 1.69 bits per heavy atom. The van der Waals surface area contributed by atoms with Gasteiger partial charge in [-0.1, -0.05) is 23.3 Å². The first-order valence-corrected chi connectivity index (χ1v) is 4.81. The van der Waals surface area contributed by atoms with Crippen LogP contribution in [-0.2, 0) is 4.79 Å². The number of rotatable bonds is 3. The van der Waals surface area contributed by atoms with Gasteiger partial charge in [0.1, 0.15) is 6.29 Å². The molecule has 2 heteroatoms. The van der Waals surface area contributed by atoms with E-state index in [1.54, 1.807) is 0 Å². The first kappa shape index (κ1) is 10.2. The van der Waals surface area contributed by atoms with Crippen LogP contribution < -0.4 is 5.73 Å². The molecule has 0 radical (unpaired) electrons.